The molecule has 0 saturated heterocycles. The Balaban J connectivity index is 1.18. The Labute approximate surface area is 184 Å². The van der Waals surface area contributed by atoms with E-state index in [1.807, 2.05) is 18.2 Å². The van der Waals surface area contributed by atoms with E-state index in [2.05, 4.69) is 10.3 Å². The summed E-state index contributed by atoms with van der Waals surface area (Å²) in [4.78, 5) is 21.3. The van der Waals surface area contributed by atoms with Crippen LogP contribution in [0.3, 0.4) is 0 Å². The summed E-state index contributed by atoms with van der Waals surface area (Å²) in [6.07, 6.45) is 6.93. The number of halogens is 1. The molecule has 1 unspecified atom stereocenters. The van der Waals surface area contributed by atoms with E-state index < -0.39 is 9.73 Å². The summed E-state index contributed by atoms with van der Waals surface area (Å²) in [5, 5.41) is 5.11. The van der Waals surface area contributed by atoms with Gasteiger partial charge in [-0.3, -0.25) is 4.79 Å². The number of carbonyl (C=O) groups is 1. The molecule has 0 radical (unpaired) electrons. The summed E-state index contributed by atoms with van der Waals surface area (Å²) in [6.45, 7) is 0. The van der Waals surface area contributed by atoms with Crippen LogP contribution in [-0.2, 0) is 9.73 Å². The maximum absolute atomic E-state index is 12.5. The van der Waals surface area contributed by atoms with E-state index in [4.69, 9.17) is 21.4 Å². The van der Waals surface area contributed by atoms with Crippen LogP contribution in [0.15, 0.2) is 41.6 Å². The van der Waals surface area contributed by atoms with Gasteiger partial charge in [0.1, 0.15) is 5.03 Å². The molecule has 2 aromatic heterocycles. The zero-order valence-electron chi connectivity index (χ0n) is 16.4. The Kier molecular flexibility index (Phi) is 4.65. The van der Waals surface area contributed by atoms with Crippen molar-refractivity contribution in [3.63, 3.8) is 0 Å². The Bertz CT molecular complexity index is 1260. The zero-order valence-corrected chi connectivity index (χ0v) is 18.7. The van der Waals surface area contributed by atoms with E-state index in [1.165, 1.54) is 28.2 Å². The van der Waals surface area contributed by atoms with Crippen LogP contribution >= 0.6 is 22.9 Å². The van der Waals surface area contributed by atoms with Gasteiger partial charge in [-0.05, 0) is 61.4 Å². The average molecular weight is 461 g/mol. The molecular formula is C21H21ClN4O2S2. The number of hydrogen-bond donors (Lipinski definition) is 2. The average Bonchev–Trinajstić information content (AvgIpc) is 3.04. The van der Waals surface area contributed by atoms with Gasteiger partial charge in [0.05, 0.1) is 25.0 Å². The second kappa shape index (κ2) is 7.00. The molecule has 2 heterocycles. The van der Waals surface area contributed by atoms with Crippen molar-refractivity contribution in [3.05, 3.63) is 52.1 Å². The van der Waals surface area contributed by atoms with Gasteiger partial charge in [0, 0.05) is 35.0 Å². The molecule has 1 amide bonds. The van der Waals surface area contributed by atoms with Gasteiger partial charge in [0.15, 0.2) is 0 Å². The number of hydrogen-bond acceptors (Lipinski definition) is 6. The second-order valence-corrected chi connectivity index (χ2v) is 12.2. The first-order valence-corrected chi connectivity index (χ1v) is 12.9. The fourth-order valence-electron chi connectivity index (χ4n) is 4.71. The predicted molar refractivity (Wildman–Crippen MR) is 119 cm³/mol. The third kappa shape index (κ3) is 3.61. The molecular weight excluding hydrogens is 440 g/mol. The Morgan fingerprint density at radius 3 is 2.77 bits per heavy atom. The lowest BCUT2D eigenvalue weighted by molar-refractivity contribution is -0.0187. The highest BCUT2D eigenvalue weighted by atomic mass is 35.5. The molecule has 0 bridgehead atoms. The number of thiazole rings is 1. The van der Waals surface area contributed by atoms with Crippen LogP contribution in [-0.4, -0.2) is 32.4 Å². The van der Waals surface area contributed by atoms with Gasteiger partial charge in [-0.25, -0.2) is 19.0 Å². The van der Waals surface area contributed by atoms with Crippen molar-refractivity contribution in [1.82, 2.24) is 15.3 Å². The molecule has 6 nitrogen and oxygen atoms in total. The third-order valence-corrected chi connectivity index (χ3v) is 8.62. The van der Waals surface area contributed by atoms with Crippen LogP contribution in [0, 0.1) is 10.2 Å². The van der Waals surface area contributed by atoms with Crippen LogP contribution < -0.4 is 5.32 Å². The standard InChI is InChI=1S/C21H21ClN4O2S2/c1-30(23,28)18-6-12(4-5-24-18)19(27)25-15-10-21(11-15)8-13(9-21)20-26-16-7-14(22)2-3-17(16)29-20/h2-7,13,15,23H,8-11H2,1H3,(H,25,27). The van der Waals surface area contributed by atoms with Gasteiger partial charge in [0.25, 0.3) is 5.91 Å². The molecule has 3 aromatic rings. The smallest absolute Gasteiger partial charge is 0.251 e. The van der Waals surface area contributed by atoms with Crippen molar-refractivity contribution in [2.24, 2.45) is 5.41 Å². The summed E-state index contributed by atoms with van der Waals surface area (Å²) in [7, 11) is -2.94. The summed E-state index contributed by atoms with van der Waals surface area (Å²) < 4.78 is 20.7. The molecule has 2 saturated carbocycles. The number of aromatic nitrogens is 2. The molecule has 30 heavy (non-hydrogen) atoms. The van der Waals surface area contributed by atoms with Crippen molar-refractivity contribution in [1.29, 1.82) is 4.78 Å². The van der Waals surface area contributed by atoms with E-state index >= 15 is 0 Å². The lowest BCUT2D eigenvalue weighted by Gasteiger charge is -2.57. The number of carbonyl (C=O) groups excluding carboxylic acids is 1. The minimum absolute atomic E-state index is 0.138. The van der Waals surface area contributed by atoms with Crippen molar-refractivity contribution in [2.75, 3.05) is 6.26 Å². The number of pyridine rings is 1. The highest BCUT2D eigenvalue weighted by Gasteiger charge is 2.54. The summed E-state index contributed by atoms with van der Waals surface area (Å²) in [5.74, 6) is 0.302. The Hall–Kier alpha value is -2.03. The molecule has 156 valence electrons. The first kappa shape index (κ1) is 19.9. The summed E-state index contributed by atoms with van der Waals surface area (Å²) in [6, 6.07) is 9.07. The van der Waals surface area contributed by atoms with Gasteiger partial charge in [-0.2, -0.15) is 0 Å². The van der Waals surface area contributed by atoms with Crippen LogP contribution in [0.4, 0.5) is 0 Å². The molecule has 2 N–H and O–H groups in total. The number of nitrogens with zero attached hydrogens (tertiary/aromatic N) is 2. The van der Waals surface area contributed by atoms with Crippen LogP contribution in [0.1, 0.15) is 47.0 Å². The highest BCUT2D eigenvalue weighted by molar-refractivity contribution is 7.91. The first-order valence-electron chi connectivity index (χ1n) is 9.78. The summed E-state index contributed by atoms with van der Waals surface area (Å²) >= 11 is 7.82. The van der Waals surface area contributed by atoms with Crippen molar-refractivity contribution in [2.45, 2.75) is 42.7 Å². The quantitative estimate of drug-likeness (QED) is 0.582. The van der Waals surface area contributed by atoms with Gasteiger partial charge in [-0.15, -0.1) is 11.3 Å². The number of fused-ring (bicyclic) bond motifs is 1. The van der Waals surface area contributed by atoms with Crippen LogP contribution in [0.5, 0.6) is 0 Å². The topological polar surface area (TPSA) is 95.8 Å². The number of nitrogens with one attached hydrogen (secondary N) is 2. The number of benzene rings is 1. The van der Waals surface area contributed by atoms with Gasteiger partial charge >= 0.3 is 0 Å². The van der Waals surface area contributed by atoms with E-state index in [1.54, 1.807) is 17.4 Å². The second-order valence-electron chi connectivity index (χ2n) is 8.57. The van der Waals surface area contributed by atoms with Crippen molar-refractivity contribution < 1.29 is 9.00 Å². The van der Waals surface area contributed by atoms with E-state index in [0.29, 0.717) is 21.9 Å². The van der Waals surface area contributed by atoms with Crippen LogP contribution in [0.2, 0.25) is 5.02 Å². The lowest BCUT2D eigenvalue weighted by atomic mass is 9.50. The summed E-state index contributed by atoms with van der Waals surface area (Å²) in [5.41, 5.74) is 1.70. The van der Waals surface area contributed by atoms with Gasteiger partial charge in [-0.1, -0.05) is 11.6 Å². The Morgan fingerprint density at radius 1 is 1.27 bits per heavy atom. The van der Waals surface area contributed by atoms with E-state index in [9.17, 15) is 9.00 Å². The number of amides is 1. The zero-order chi connectivity index (χ0) is 21.1. The molecule has 1 aromatic carbocycles. The minimum atomic E-state index is -2.94. The van der Waals surface area contributed by atoms with E-state index in [0.717, 1.165) is 31.2 Å². The lowest BCUT2D eigenvalue weighted by Crippen LogP contribution is -2.55. The molecule has 1 spiro atoms. The van der Waals surface area contributed by atoms with Crippen molar-refractivity contribution in [3.8, 4) is 0 Å². The highest BCUT2D eigenvalue weighted by Crippen LogP contribution is 2.62. The fourth-order valence-corrected chi connectivity index (χ4v) is 6.53. The van der Waals surface area contributed by atoms with E-state index in [-0.39, 0.29) is 17.0 Å². The molecule has 0 aliphatic heterocycles. The van der Waals surface area contributed by atoms with Crippen molar-refractivity contribution >= 4 is 48.8 Å². The molecule has 9 heteroatoms. The SMILES string of the molecule is CS(=N)(=O)c1cc(C(=O)NC2CC3(C2)CC(c2nc4cc(Cl)ccc4s2)C3)ccn1. The number of rotatable bonds is 4. The third-order valence-electron chi connectivity index (χ3n) is 6.16. The Morgan fingerprint density at radius 2 is 2.03 bits per heavy atom. The first-order chi connectivity index (χ1) is 14.2. The molecule has 5 rings (SSSR count). The predicted octanol–water partition coefficient (Wildman–Crippen LogP) is 4.84. The van der Waals surface area contributed by atoms with Gasteiger partial charge < -0.3 is 5.32 Å². The molecule has 1 atom stereocenters. The maximum Gasteiger partial charge on any atom is 0.251 e. The fraction of sp³-hybridized carbons (Fsp3) is 0.381. The minimum Gasteiger partial charge on any atom is -0.349 e. The molecule has 2 aliphatic rings. The molecule has 2 aliphatic carbocycles. The molecule has 2 fully saturated rings. The maximum atomic E-state index is 12.5. The van der Waals surface area contributed by atoms with Gasteiger partial charge in [0.2, 0.25) is 0 Å². The monoisotopic (exact) mass is 460 g/mol. The van der Waals surface area contributed by atoms with Crippen LogP contribution in [0.25, 0.3) is 10.2 Å². The largest absolute Gasteiger partial charge is 0.349 e. The normalized spacial score (nSPS) is 27.3.